The first-order valence-electron chi connectivity index (χ1n) is 8.19. The van der Waals surface area contributed by atoms with Gasteiger partial charge in [-0.1, -0.05) is 19.1 Å². The molecule has 26 heavy (non-hydrogen) atoms. The number of aryl methyl sites for hydroxylation is 1. The zero-order valence-electron chi connectivity index (χ0n) is 14.6. The van der Waals surface area contributed by atoms with Gasteiger partial charge in [0.05, 0.1) is 18.1 Å². The summed E-state index contributed by atoms with van der Waals surface area (Å²) in [7, 11) is -3.29. The summed E-state index contributed by atoms with van der Waals surface area (Å²) in [5.74, 6) is 0. The van der Waals surface area contributed by atoms with E-state index in [0.717, 1.165) is 29.5 Å². The van der Waals surface area contributed by atoms with Crippen molar-refractivity contribution in [3.05, 3.63) is 65.3 Å². The Labute approximate surface area is 152 Å². The number of nitrogens with zero attached hydrogens (tertiary/aromatic N) is 3. The van der Waals surface area contributed by atoms with Crippen LogP contribution in [0.4, 0.5) is 5.69 Å². The predicted molar refractivity (Wildman–Crippen MR) is 102 cm³/mol. The van der Waals surface area contributed by atoms with Gasteiger partial charge in [0.2, 0.25) is 10.0 Å². The van der Waals surface area contributed by atoms with Crippen molar-refractivity contribution in [1.29, 1.82) is 0 Å². The van der Waals surface area contributed by atoms with Crippen LogP contribution >= 0.6 is 0 Å². The number of hydrogen-bond acceptors (Lipinski definition) is 4. The van der Waals surface area contributed by atoms with Crippen LogP contribution in [0.3, 0.4) is 0 Å². The van der Waals surface area contributed by atoms with E-state index in [9.17, 15) is 13.2 Å². The van der Waals surface area contributed by atoms with E-state index in [1.807, 2.05) is 25.3 Å². The number of hydrogen-bond donors (Lipinski definition) is 1. The molecule has 3 aromatic rings. The van der Waals surface area contributed by atoms with E-state index in [0.29, 0.717) is 12.2 Å². The summed E-state index contributed by atoms with van der Waals surface area (Å²) in [5.41, 5.74) is 3.09. The SMILES string of the molecule is CCCn1cc(-n2cc(-c3ccc(NS(C)(=O)=O)cc3)cn2)ccc1=O. The van der Waals surface area contributed by atoms with Crippen LogP contribution in [-0.2, 0) is 16.6 Å². The van der Waals surface area contributed by atoms with E-state index in [-0.39, 0.29) is 5.56 Å². The first-order chi connectivity index (χ1) is 12.4. The maximum Gasteiger partial charge on any atom is 0.250 e. The molecular formula is C18H20N4O3S. The molecule has 136 valence electrons. The van der Waals surface area contributed by atoms with Crippen LogP contribution in [0.15, 0.2) is 59.8 Å². The van der Waals surface area contributed by atoms with E-state index in [4.69, 9.17) is 0 Å². The van der Waals surface area contributed by atoms with Gasteiger partial charge in [-0.3, -0.25) is 9.52 Å². The fourth-order valence-corrected chi connectivity index (χ4v) is 3.19. The molecule has 0 radical (unpaired) electrons. The van der Waals surface area contributed by atoms with E-state index < -0.39 is 10.0 Å². The molecular weight excluding hydrogens is 352 g/mol. The fourth-order valence-electron chi connectivity index (χ4n) is 2.63. The van der Waals surface area contributed by atoms with Crippen molar-refractivity contribution < 1.29 is 8.42 Å². The second kappa shape index (κ2) is 7.17. The Morgan fingerprint density at radius 1 is 1.04 bits per heavy atom. The van der Waals surface area contributed by atoms with Crippen molar-refractivity contribution in [2.45, 2.75) is 19.9 Å². The minimum absolute atomic E-state index is 0.0306. The van der Waals surface area contributed by atoms with Gasteiger partial charge in [0.1, 0.15) is 0 Å². The Morgan fingerprint density at radius 3 is 2.42 bits per heavy atom. The van der Waals surface area contributed by atoms with Gasteiger partial charge in [0.15, 0.2) is 0 Å². The third-order valence-corrected chi connectivity index (χ3v) is 4.41. The fraction of sp³-hybridized carbons (Fsp3) is 0.222. The van der Waals surface area contributed by atoms with Crippen LogP contribution in [0, 0.1) is 0 Å². The Bertz CT molecular complexity index is 1070. The molecule has 2 heterocycles. The van der Waals surface area contributed by atoms with Crippen LogP contribution in [-0.4, -0.2) is 29.0 Å². The lowest BCUT2D eigenvalue weighted by molar-refractivity contribution is 0.607. The smallest absolute Gasteiger partial charge is 0.250 e. The molecule has 0 atom stereocenters. The van der Waals surface area contributed by atoms with Crippen LogP contribution in [0.5, 0.6) is 0 Å². The Hall–Kier alpha value is -2.87. The number of aromatic nitrogens is 3. The van der Waals surface area contributed by atoms with E-state index in [2.05, 4.69) is 9.82 Å². The normalized spacial score (nSPS) is 11.5. The average molecular weight is 372 g/mol. The summed E-state index contributed by atoms with van der Waals surface area (Å²) < 4.78 is 28.3. The van der Waals surface area contributed by atoms with Gasteiger partial charge in [-0.2, -0.15) is 5.10 Å². The lowest BCUT2D eigenvalue weighted by Crippen LogP contribution is -2.19. The standard InChI is InChI=1S/C18H20N4O3S/c1-3-10-21-13-17(8-9-18(21)23)22-12-15(11-19-22)14-4-6-16(7-5-14)20-26(2,24)25/h4-9,11-13,20H,3,10H2,1-2H3. The Morgan fingerprint density at radius 2 is 1.77 bits per heavy atom. The number of rotatable bonds is 6. The van der Waals surface area contributed by atoms with Crippen LogP contribution in [0.2, 0.25) is 0 Å². The molecule has 2 aromatic heterocycles. The first-order valence-corrected chi connectivity index (χ1v) is 10.1. The van der Waals surface area contributed by atoms with Crippen molar-refractivity contribution >= 4 is 15.7 Å². The molecule has 3 rings (SSSR count). The van der Waals surface area contributed by atoms with Crippen LogP contribution in [0.1, 0.15) is 13.3 Å². The van der Waals surface area contributed by atoms with Gasteiger partial charge in [-0.05, 0) is 30.2 Å². The van der Waals surface area contributed by atoms with Crippen molar-refractivity contribution in [3.63, 3.8) is 0 Å². The summed E-state index contributed by atoms with van der Waals surface area (Å²) >= 11 is 0. The molecule has 0 unspecified atom stereocenters. The molecule has 0 spiro atoms. The lowest BCUT2D eigenvalue weighted by Gasteiger charge is -2.07. The van der Waals surface area contributed by atoms with Crippen molar-refractivity contribution in [3.8, 4) is 16.8 Å². The maximum absolute atomic E-state index is 11.8. The Balaban J connectivity index is 1.86. The predicted octanol–water partition coefficient (Wildman–Crippen LogP) is 2.48. The maximum atomic E-state index is 11.8. The topological polar surface area (TPSA) is 86.0 Å². The first kappa shape index (κ1) is 17.9. The second-order valence-corrected chi connectivity index (χ2v) is 7.79. The molecule has 1 aromatic carbocycles. The van der Waals surface area contributed by atoms with E-state index in [1.54, 1.807) is 39.8 Å². The highest BCUT2D eigenvalue weighted by atomic mass is 32.2. The van der Waals surface area contributed by atoms with Crippen LogP contribution in [0.25, 0.3) is 16.8 Å². The number of pyridine rings is 1. The van der Waals surface area contributed by atoms with Gasteiger partial charge < -0.3 is 4.57 Å². The van der Waals surface area contributed by atoms with Crippen molar-refractivity contribution in [1.82, 2.24) is 14.3 Å². The van der Waals surface area contributed by atoms with Gasteiger partial charge in [0.25, 0.3) is 5.56 Å². The third-order valence-electron chi connectivity index (χ3n) is 3.80. The van der Waals surface area contributed by atoms with E-state index in [1.165, 1.54) is 6.07 Å². The highest BCUT2D eigenvalue weighted by Crippen LogP contribution is 2.22. The minimum Gasteiger partial charge on any atom is -0.313 e. The van der Waals surface area contributed by atoms with Crippen molar-refractivity contribution in [2.75, 3.05) is 11.0 Å². The van der Waals surface area contributed by atoms with Crippen molar-refractivity contribution in [2.24, 2.45) is 0 Å². The molecule has 0 aliphatic heterocycles. The quantitative estimate of drug-likeness (QED) is 0.720. The minimum atomic E-state index is -3.29. The summed E-state index contributed by atoms with van der Waals surface area (Å²) in [6.45, 7) is 2.68. The zero-order chi connectivity index (χ0) is 18.7. The van der Waals surface area contributed by atoms with E-state index >= 15 is 0 Å². The highest BCUT2D eigenvalue weighted by Gasteiger charge is 2.07. The molecule has 8 heteroatoms. The molecule has 0 saturated heterocycles. The van der Waals surface area contributed by atoms with Gasteiger partial charge >= 0.3 is 0 Å². The number of sulfonamides is 1. The molecule has 0 amide bonds. The van der Waals surface area contributed by atoms with Gasteiger partial charge in [-0.15, -0.1) is 0 Å². The highest BCUT2D eigenvalue weighted by molar-refractivity contribution is 7.92. The summed E-state index contributed by atoms with van der Waals surface area (Å²) in [6, 6.07) is 10.3. The molecule has 0 aliphatic carbocycles. The average Bonchev–Trinajstić information content (AvgIpc) is 3.06. The molecule has 7 nitrogen and oxygen atoms in total. The van der Waals surface area contributed by atoms with Gasteiger partial charge in [-0.25, -0.2) is 13.1 Å². The molecule has 0 saturated carbocycles. The molecule has 1 N–H and O–H groups in total. The zero-order valence-corrected chi connectivity index (χ0v) is 15.4. The summed E-state index contributed by atoms with van der Waals surface area (Å²) in [6.07, 6.45) is 7.38. The second-order valence-electron chi connectivity index (χ2n) is 6.04. The number of benzene rings is 1. The van der Waals surface area contributed by atoms with Crippen LogP contribution < -0.4 is 10.3 Å². The summed E-state index contributed by atoms with van der Waals surface area (Å²) in [4.78, 5) is 11.8. The Kier molecular flexibility index (Phi) is 4.94. The monoisotopic (exact) mass is 372 g/mol. The largest absolute Gasteiger partial charge is 0.313 e. The molecule has 0 fully saturated rings. The lowest BCUT2D eigenvalue weighted by atomic mass is 10.1. The third kappa shape index (κ3) is 4.20. The molecule has 0 aliphatic rings. The van der Waals surface area contributed by atoms with Gasteiger partial charge in [0, 0.05) is 36.3 Å². The number of nitrogens with one attached hydrogen (secondary N) is 1. The number of anilines is 1. The summed E-state index contributed by atoms with van der Waals surface area (Å²) in [5, 5.41) is 4.37. The molecule has 0 bridgehead atoms.